The first-order valence-corrected chi connectivity index (χ1v) is 6.07. The molecule has 1 rings (SSSR count). The van der Waals surface area contributed by atoms with Gasteiger partial charge in [0, 0.05) is 18.2 Å². The van der Waals surface area contributed by atoms with Gasteiger partial charge in [0.05, 0.1) is 12.0 Å². The Labute approximate surface area is 97.9 Å². The van der Waals surface area contributed by atoms with E-state index in [2.05, 4.69) is 5.32 Å². The van der Waals surface area contributed by atoms with Crippen molar-refractivity contribution in [1.29, 1.82) is 0 Å². The van der Waals surface area contributed by atoms with Crippen LogP contribution in [0.2, 0.25) is 0 Å². The normalized spacial score (nSPS) is 27.8. The SMILES string of the molecule is CCC1OCCC1C(=O)NC(C)(C)C(C)N. The summed E-state index contributed by atoms with van der Waals surface area (Å²) in [6.45, 7) is 8.55. The van der Waals surface area contributed by atoms with Crippen LogP contribution in [0.3, 0.4) is 0 Å². The van der Waals surface area contributed by atoms with E-state index in [1.807, 2.05) is 27.7 Å². The molecule has 1 heterocycles. The maximum atomic E-state index is 12.1. The summed E-state index contributed by atoms with van der Waals surface area (Å²) >= 11 is 0. The Kier molecular flexibility index (Phi) is 4.33. The Morgan fingerprint density at radius 2 is 2.25 bits per heavy atom. The van der Waals surface area contributed by atoms with Crippen molar-refractivity contribution in [2.75, 3.05) is 6.61 Å². The molecular formula is C12H24N2O2. The Bertz CT molecular complexity index is 251. The van der Waals surface area contributed by atoms with E-state index in [4.69, 9.17) is 10.5 Å². The molecular weight excluding hydrogens is 204 g/mol. The highest BCUT2D eigenvalue weighted by Crippen LogP contribution is 2.24. The van der Waals surface area contributed by atoms with Crippen molar-refractivity contribution >= 4 is 5.91 Å². The molecule has 4 heteroatoms. The maximum Gasteiger partial charge on any atom is 0.226 e. The third-order valence-corrected chi connectivity index (χ3v) is 3.53. The number of carbonyl (C=O) groups excluding carboxylic acids is 1. The molecule has 0 radical (unpaired) electrons. The zero-order valence-corrected chi connectivity index (χ0v) is 10.7. The van der Waals surface area contributed by atoms with E-state index in [1.165, 1.54) is 0 Å². The van der Waals surface area contributed by atoms with Gasteiger partial charge in [0.25, 0.3) is 0 Å². The van der Waals surface area contributed by atoms with Crippen molar-refractivity contribution in [1.82, 2.24) is 5.32 Å². The summed E-state index contributed by atoms with van der Waals surface area (Å²) < 4.78 is 5.52. The average Bonchev–Trinajstić information content (AvgIpc) is 2.64. The second-order valence-electron chi connectivity index (χ2n) is 5.21. The molecule has 3 atom stereocenters. The van der Waals surface area contributed by atoms with E-state index in [1.54, 1.807) is 0 Å². The molecule has 1 aliphatic heterocycles. The van der Waals surface area contributed by atoms with Crippen molar-refractivity contribution in [3.63, 3.8) is 0 Å². The van der Waals surface area contributed by atoms with Crippen LogP contribution >= 0.6 is 0 Å². The number of ether oxygens (including phenoxy) is 1. The van der Waals surface area contributed by atoms with E-state index in [9.17, 15) is 4.79 Å². The van der Waals surface area contributed by atoms with Crippen LogP contribution in [0.25, 0.3) is 0 Å². The summed E-state index contributed by atoms with van der Waals surface area (Å²) in [4.78, 5) is 12.1. The Hall–Kier alpha value is -0.610. The smallest absolute Gasteiger partial charge is 0.226 e. The van der Waals surface area contributed by atoms with Gasteiger partial charge in [-0.25, -0.2) is 0 Å². The van der Waals surface area contributed by atoms with Crippen molar-refractivity contribution in [2.24, 2.45) is 11.7 Å². The standard InChI is InChI=1S/C12H24N2O2/c1-5-10-9(6-7-16-10)11(15)14-12(3,4)8(2)13/h8-10H,5-7,13H2,1-4H3,(H,14,15). The molecule has 0 aromatic heterocycles. The lowest BCUT2D eigenvalue weighted by Crippen LogP contribution is -2.56. The molecule has 1 fully saturated rings. The minimum atomic E-state index is -0.363. The molecule has 0 aromatic carbocycles. The molecule has 1 amide bonds. The Balaban J connectivity index is 2.58. The van der Waals surface area contributed by atoms with Gasteiger partial charge in [-0.3, -0.25) is 4.79 Å². The Morgan fingerprint density at radius 1 is 1.62 bits per heavy atom. The van der Waals surface area contributed by atoms with E-state index < -0.39 is 0 Å². The third kappa shape index (κ3) is 2.95. The van der Waals surface area contributed by atoms with Crippen molar-refractivity contribution in [3.8, 4) is 0 Å². The highest BCUT2D eigenvalue weighted by Gasteiger charge is 2.35. The fraction of sp³-hybridized carbons (Fsp3) is 0.917. The molecule has 0 aromatic rings. The van der Waals surface area contributed by atoms with Gasteiger partial charge < -0.3 is 15.8 Å². The van der Waals surface area contributed by atoms with E-state index >= 15 is 0 Å². The summed E-state index contributed by atoms with van der Waals surface area (Å²) in [7, 11) is 0. The monoisotopic (exact) mass is 228 g/mol. The van der Waals surface area contributed by atoms with Crippen LogP contribution in [-0.4, -0.2) is 30.2 Å². The van der Waals surface area contributed by atoms with E-state index in [-0.39, 0.29) is 29.5 Å². The summed E-state index contributed by atoms with van der Waals surface area (Å²) in [6.07, 6.45) is 1.78. The highest BCUT2D eigenvalue weighted by molar-refractivity contribution is 5.80. The summed E-state index contributed by atoms with van der Waals surface area (Å²) in [5.74, 6) is 0.0645. The summed E-state index contributed by atoms with van der Waals surface area (Å²) in [6, 6.07) is -0.0705. The molecule has 0 aliphatic carbocycles. The lowest BCUT2D eigenvalue weighted by Gasteiger charge is -2.32. The summed E-state index contributed by atoms with van der Waals surface area (Å²) in [5, 5.41) is 3.02. The summed E-state index contributed by atoms with van der Waals surface area (Å²) in [5.41, 5.74) is 5.48. The molecule has 0 saturated carbocycles. The van der Waals surface area contributed by atoms with Gasteiger partial charge in [0.1, 0.15) is 0 Å². The van der Waals surface area contributed by atoms with Crippen LogP contribution < -0.4 is 11.1 Å². The third-order valence-electron chi connectivity index (χ3n) is 3.53. The molecule has 1 aliphatic rings. The first kappa shape index (κ1) is 13.5. The molecule has 4 nitrogen and oxygen atoms in total. The minimum Gasteiger partial charge on any atom is -0.377 e. The van der Waals surface area contributed by atoms with Crippen LogP contribution in [0.15, 0.2) is 0 Å². The van der Waals surface area contributed by atoms with E-state index in [0.29, 0.717) is 6.61 Å². The van der Waals surface area contributed by atoms with Gasteiger partial charge in [-0.15, -0.1) is 0 Å². The lowest BCUT2D eigenvalue weighted by molar-refractivity contribution is -0.128. The first-order valence-electron chi connectivity index (χ1n) is 6.07. The fourth-order valence-electron chi connectivity index (χ4n) is 1.87. The number of nitrogens with two attached hydrogens (primary N) is 1. The van der Waals surface area contributed by atoms with E-state index in [0.717, 1.165) is 12.8 Å². The molecule has 3 N–H and O–H groups in total. The highest BCUT2D eigenvalue weighted by atomic mass is 16.5. The van der Waals surface area contributed by atoms with Crippen LogP contribution in [0.5, 0.6) is 0 Å². The van der Waals surface area contributed by atoms with Gasteiger partial charge in [-0.05, 0) is 33.6 Å². The average molecular weight is 228 g/mol. The lowest BCUT2D eigenvalue weighted by atomic mass is 9.93. The van der Waals surface area contributed by atoms with Gasteiger partial charge in [-0.1, -0.05) is 6.92 Å². The number of hydrogen-bond donors (Lipinski definition) is 2. The quantitative estimate of drug-likeness (QED) is 0.755. The van der Waals surface area contributed by atoms with Crippen LogP contribution in [0.1, 0.15) is 40.5 Å². The Morgan fingerprint density at radius 3 is 2.75 bits per heavy atom. The molecule has 0 spiro atoms. The van der Waals surface area contributed by atoms with Gasteiger partial charge >= 0.3 is 0 Å². The zero-order chi connectivity index (χ0) is 12.3. The first-order chi connectivity index (χ1) is 7.38. The number of carbonyl (C=O) groups is 1. The van der Waals surface area contributed by atoms with Gasteiger partial charge in [0.15, 0.2) is 0 Å². The zero-order valence-electron chi connectivity index (χ0n) is 10.7. The second kappa shape index (κ2) is 5.15. The molecule has 3 unspecified atom stereocenters. The van der Waals surface area contributed by atoms with Crippen LogP contribution in [-0.2, 0) is 9.53 Å². The number of hydrogen-bond acceptors (Lipinski definition) is 3. The van der Waals surface area contributed by atoms with Crippen molar-refractivity contribution < 1.29 is 9.53 Å². The number of rotatable bonds is 4. The van der Waals surface area contributed by atoms with Crippen LogP contribution in [0.4, 0.5) is 0 Å². The van der Waals surface area contributed by atoms with Gasteiger partial charge in [-0.2, -0.15) is 0 Å². The topological polar surface area (TPSA) is 64.3 Å². The second-order valence-corrected chi connectivity index (χ2v) is 5.21. The number of amides is 1. The maximum absolute atomic E-state index is 12.1. The molecule has 94 valence electrons. The van der Waals surface area contributed by atoms with Gasteiger partial charge in [0.2, 0.25) is 5.91 Å². The molecule has 16 heavy (non-hydrogen) atoms. The van der Waals surface area contributed by atoms with Crippen molar-refractivity contribution in [3.05, 3.63) is 0 Å². The predicted octanol–water partition coefficient (Wildman–Crippen LogP) is 1.04. The molecule has 1 saturated heterocycles. The molecule has 0 bridgehead atoms. The minimum absolute atomic E-state index is 0.0111. The predicted molar refractivity (Wildman–Crippen MR) is 64.0 cm³/mol. The van der Waals surface area contributed by atoms with Crippen LogP contribution in [0, 0.1) is 5.92 Å². The van der Waals surface area contributed by atoms with Crippen molar-refractivity contribution in [2.45, 2.75) is 58.2 Å². The largest absolute Gasteiger partial charge is 0.377 e. The fourth-order valence-corrected chi connectivity index (χ4v) is 1.87. The number of nitrogens with one attached hydrogen (secondary N) is 1.